The molecule has 0 saturated carbocycles. The third kappa shape index (κ3) is 4.52. The van der Waals surface area contributed by atoms with Crippen molar-refractivity contribution in [1.29, 1.82) is 0 Å². The first-order valence-corrected chi connectivity index (χ1v) is 11.8. The van der Waals surface area contributed by atoms with E-state index in [-0.39, 0.29) is 44.5 Å². The summed E-state index contributed by atoms with van der Waals surface area (Å²) in [5.74, 6) is -0.952. The monoisotopic (exact) mass is 464 g/mol. The zero-order valence-corrected chi connectivity index (χ0v) is 20.0. The van der Waals surface area contributed by atoms with Gasteiger partial charge in [0.25, 0.3) is 0 Å². The summed E-state index contributed by atoms with van der Waals surface area (Å²) in [5, 5.41) is 12.2. The number of nitrogens with zero attached hydrogens (tertiary/aromatic N) is 1. The molecule has 4 rings (SSSR count). The number of likely N-dealkylation sites (tertiary alicyclic amines) is 1. The highest BCUT2D eigenvalue weighted by Gasteiger charge is 2.50. The number of benzene rings is 2. The molecule has 7 heteroatoms. The second-order valence-corrected chi connectivity index (χ2v) is 10.2. The lowest BCUT2D eigenvalue weighted by Gasteiger charge is -2.47. The Bertz CT molecular complexity index is 1060. The van der Waals surface area contributed by atoms with Gasteiger partial charge in [0, 0.05) is 32.0 Å². The molecule has 1 fully saturated rings. The van der Waals surface area contributed by atoms with Gasteiger partial charge in [-0.3, -0.25) is 9.59 Å². The van der Waals surface area contributed by atoms with Gasteiger partial charge in [-0.1, -0.05) is 69.3 Å². The van der Waals surface area contributed by atoms with E-state index in [1.54, 1.807) is 4.90 Å². The summed E-state index contributed by atoms with van der Waals surface area (Å²) < 4.78 is 5.58. The van der Waals surface area contributed by atoms with Crippen LogP contribution in [0.4, 0.5) is 4.79 Å². The number of rotatable bonds is 8. The molecule has 0 atom stereocenters. The number of fused-ring (bicyclic) bond motifs is 3. The molecule has 2 amide bonds. The molecule has 0 aromatic heterocycles. The Labute approximate surface area is 200 Å². The highest BCUT2D eigenvalue weighted by molar-refractivity contribution is 5.84. The van der Waals surface area contributed by atoms with Gasteiger partial charge in [-0.15, -0.1) is 0 Å². The van der Waals surface area contributed by atoms with E-state index in [1.807, 2.05) is 45.0 Å². The quantitative estimate of drug-likeness (QED) is 0.608. The van der Waals surface area contributed by atoms with Gasteiger partial charge in [-0.25, -0.2) is 4.79 Å². The van der Waals surface area contributed by atoms with E-state index in [2.05, 4.69) is 29.6 Å². The highest BCUT2D eigenvalue weighted by atomic mass is 16.5. The van der Waals surface area contributed by atoms with Crippen LogP contribution in [0.3, 0.4) is 0 Å². The lowest BCUT2D eigenvalue weighted by Crippen LogP contribution is -2.62. The van der Waals surface area contributed by atoms with E-state index in [1.165, 1.54) is 11.1 Å². The number of amides is 2. The molecule has 1 aliphatic carbocycles. The minimum atomic E-state index is -0.852. The number of nitrogens with one attached hydrogen (secondary N) is 1. The number of carbonyl (C=O) groups is 3. The molecule has 1 heterocycles. The third-order valence-corrected chi connectivity index (χ3v) is 7.15. The van der Waals surface area contributed by atoms with Crippen molar-refractivity contribution in [3.8, 4) is 11.1 Å². The molecule has 34 heavy (non-hydrogen) atoms. The number of hydrogen-bond acceptors (Lipinski definition) is 4. The van der Waals surface area contributed by atoms with Crippen molar-refractivity contribution in [3.63, 3.8) is 0 Å². The van der Waals surface area contributed by atoms with E-state index >= 15 is 0 Å². The molecule has 2 N–H and O–H groups in total. The second kappa shape index (κ2) is 9.12. The van der Waals surface area contributed by atoms with Crippen molar-refractivity contribution in [3.05, 3.63) is 59.7 Å². The van der Waals surface area contributed by atoms with Crippen LogP contribution in [-0.2, 0) is 14.3 Å². The second-order valence-electron chi connectivity index (χ2n) is 10.2. The molecule has 1 saturated heterocycles. The first kappa shape index (κ1) is 23.8. The molecule has 1 aliphatic heterocycles. The summed E-state index contributed by atoms with van der Waals surface area (Å²) in [6.07, 6.45) is 0.205. The van der Waals surface area contributed by atoms with Crippen molar-refractivity contribution >= 4 is 18.0 Å². The zero-order valence-electron chi connectivity index (χ0n) is 20.0. The van der Waals surface area contributed by atoms with Crippen LogP contribution < -0.4 is 5.32 Å². The van der Waals surface area contributed by atoms with Crippen LogP contribution in [0.25, 0.3) is 11.1 Å². The fourth-order valence-corrected chi connectivity index (χ4v) is 4.92. The van der Waals surface area contributed by atoms with Gasteiger partial charge in [-0.05, 0) is 34.1 Å². The van der Waals surface area contributed by atoms with Crippen LogP contribution in [0, 0.1) is 10.8 Å². The van der Waals surface area contributed by atoms with Crippen molar-refractivity contribution in [2.45, 2.75) is 39.5 Å². The van der Waals surface area contributed by atoms with Crippen LogP contribution in [0.15, 0.2) is 48.5 Å². The van der Waals surface area contributed by atoms with Crippen molar-refractivity contribution in [1.82, 2.24) is 10.2 Å². The Morgan fingerprint density at radius 1 is 1.06 bits per heavy atom. The Hall–Kier alpha value is -3.35. The zero-order chi connectivity index (χ0) is 24.5. The van der Waals surface area contributed by atoms with E-state index < -0.39 is 22.9 Å². The average Bonchev–Trinajstić information content (AvgIpc) is 3.09. The number of carbonyl (C=O) groups excluding carboxylic acids is 2. The molecule has 0 spiro atoms. The predicted molar refractivity (Wildman–Crippen MR) is 128 cm³/mol. The summed E-state index contributed by atoms with van der Waals surface area (Å²) in [6, 6.07) is 16.3. The fourth-order valence-electron chi connectivity index (χ4n) is 4.92. The summed E-state index contributed by atoms with van der Waals surface area (Å²) in [7, 11) is 0. The van der Waals surface area contributed by atoms with Crippen LogP contribution in [0.1, 0.15) is 50.7 Å². The molecule has 0 radical (unpaired) electrons. The molecule has 0 bridgehead atoms. The van der Waals surface area contributed by atoms with Gasteiger partial charge < -0.3 is 20.1 Å². The van der Waals surface area contributed by atoms with Crippen LogP contribution in [0.5, 0.6) is 0 Å². The number of carboxylic acid groups (broad SMARTS) is 1. The normalized spacial score (nSPS) is 16.3. The maximum Gasteiger partial charge on any atom is 0.407 e. The highest BCUT2D eigenvalue weighted by Crippen LogP contribution is 2.44. The molecular weight excluding hydrogens is 432 g/mol. The van der Waals surface area contributed by atoms with Crippen molar-refractivity contribution in [2.75, 3.05) is 26.2 Å². The minimum absolute atomic E-state index is 0.00720. The number of hydrogen-bond donors (Lipinski definition) is 2. The number of ether oxygens (including phenoxy) is 1. The lowest BCUT2D eigenvalue weighted by atomic mass is 9.76. The molecule has 0 unspecified atom stereocenters. The fraction of sp³-hybridized carbons (Fsp3) is 0.444. The molecule has 7 nitrogen and oxygen atoms in total. The topological polar surface area (TPSA) is 95.9 Å². The van der Waals surface area contributed by atoms with E-state index in [0.717, 1.165) is 11.1 Å². The molecule has 2 aromatic carbocycles. The van der Waals surface area contributed by atoms with E-state index in [9.17, 15) is 19.5 Å². The number of carboxylic acids is 1. The maximum absolute atomic E-state index is 12.6. The number of aliphatic carboxylic acids is 1. The summed E-state index contributed by atoms with van der Waals surface area (Å²) >= 11 is 0. The Balaban J connectivity index is 1.27. The van der Waals surface area contributed by atoms with Crippen molar-refractivity contribution in [2.24, 2.45) is 10.8 Å². The van der Waals surface area contributed by atoms with Crippen LogP contribution in [-0.4, -0.2) is 54.2 Å². The standard InChI is InChI=1S/C27H32N2O5/c1-4-27(24(31)32)16-29(17-27)23(30)13-26(2,3)15-28-25(33)34-14-22-20-11-7-5-9-18(20)19-10-6-8-12-21(19)22/h5-12,22H,4,13-17H2,1-3H3,(H,28,33)(H,31,32). The Morgan fingerprint density at radius 2 is 1.62 bits per heavy atom. The van der Waals surface area contributed by atoms with Gasteiger partial charge in [0.2, 0.25) is 5.91 Å². The molecule has 2 aromatic rings. The number of alkyl carbamates (subject to hydrolysis) is 1. The van der Waals surface area contributed by atoms with Gasteiger partial charge >= 0.3 is 12.1 Å². The van der Waals surface area contributed by atoms with Crippen LogP contribution in [0.2, 0.25) is 0 Å². The van der Waals surface area contributed by atoms with E-state index in [0.29, 0.717) is 6.42 Å². The summed E-state index contributed by atoms with van der Waals surface area (Å²) in [5.41, 5.74) is 3.35. The SMILES string of the molecule is CCC1(C(=O)O)CN(C(=O)CC(C)(C)CNC(=O)OCC2c3ccccc3-c3ccccc32)C1. The van der Waals surface area contributed by atoms with Gasteiger partial charge in [-0.2, -0.15) is 0 Å². The van der Waals surface area contributed by atoms with Crippen LogP contribution >= 0.6 is 0 Å². The maximum atomic E-state index is 12.6. The first-order valence-electron chi connectivity index (χ1n) is 11.8. The molecule has 2 aliphatic rings. The smallest absolute Gasteiger partial charge is 0.407 e. The Morgan fingerprint density at radius 3 is 2.15 bits per heavy atom. The lowest BCUT2D eigenvalue weighted by molar-refractivity contribution is -0.167. The van der Waals surface area contributed by atoms with E-state index in [4.69, 9.17) is 4.74 Å². The minimum Gasteiger partial charge on any atom is -0.481 e. The van der Waals surface area contributed by atoms with Gasteiger partial charge in [0.1, 0.15) is 12.0 Å². The largest absolute Gasteiger partial charge is 0.481 e. The van der Waals surface area contributed by atoms with Crippen molar-refractivity contribution < 1.29 is 24.2 Å². The van der Waals surface area contributed by atoms with Gasteiger partial charge in [0.15, 0.2) is 0 Å². The third-order valence-electron chi connectivity index (χ3n) is 7.15. The average molecular weight is 465 g/mol. The molecular formula is C27H32N2O5. The summed E-state index contributed by atoms with van der Waals surface area (Å²) in [6.45, 7) is 6.64. The Kier molecular flexibility index (Phi) is 6.39. The molecule has 180 valence electrons. The first-order chi connectivity index (χ1) is 16.2. The van der Waals surface area contributed by atoms with Gasteiger partial charge in [0.05, 0.1) is 0 Å². The summed E-state index contributed by atoms with van der Waals surface area (Å²) in [4.78, 5) is 38.1. The predicted octanol–water partition coefficient (Wildman–Crippen LogP) is 4.26.